The average Bonchev–Trinajstić information content (AvgIpc) is 2.54. The SMILES string of the molecule is CCn1cnc(Cl)c1C1(CN)CC1(C)C. The van der Waals surface area contributed by atoms with Crippen molar-refractivity contribution in [2.45, 2.75) is 39.2 Å². The Morgan fingerprint density at radius 2 is 2.20 bits per heavy atom. The van der Waals surface area contributed by atoms with Crippen LogP contribution in [0.25, 0.3) is 0 Å². The summed E-state index contributed by atoms with van der Waals surface area (Å²) in [4.78, 5) is 4.18. The largest absolute Gasteiger partial charge is 0.333 e. The van der Waals surface area contributed by atoms with E-state index in [1.54, 1.807) is 0 Å². The Balaban J connectivity index is 2.49. The van der Waals surface area contributed by atoms with Gasteiger partial charge in [0.1, 0.15) is 0 Å². The zero-order chi connectivity index (χ0) is 11.3. The van der Waals surface area contributed by atoms with Crippen molar-refractivity contribution >= 4 is 11.6 Å². The van der Waals surface area contributed by atoms with Crippen molar-refractivity contribution in [1.82, 2.24) is 9.55 Å². The monoisotopic (exact) mass is 227 g/mol. The molecule has 1 atom stereocenters. The van der Waals surface area contributed by atoms with Crippen molar-refractivity contribution in [2.75, 3.05) is 6.54 Å². The molecule has 15 heavy (non-hydrogen) atoms. The van der Waals surface area contributed by atoms with Crippen molar-refractivity contribution in [3.8, 4) is 0 Å². The molecule has 1 saturated carbocycles. The summed E-state index contributed by atoms with van der Waals surface area (Å²) >= 11 is 6.17. The fourth-order valence-corrected chi connectivity index (χ4v) is 2.96. The maximum atomic E-state index is 6.17. The molecule has 0 aliphatic heterocycles. The number of hydrogen-bond donors (Lipinski definition) is 1. The van der Waals surface area contributed by atoms with Crippen LogP contribution < -0.4 is 5.73 Å². The molecule has 0 bridgehead atoms. The van der Waals surface area contributed by atoms with E-state index in [1.807, 2.05) is 6.33 Å². The average molecular weight is 228 g/mol. The van der Waals surface area contributed by atoms with Crippen LogP contribution in [0.15, 0.2) is 6.33 Å². The molecule has 0 saturated heterocycles. The van der Waals surface area contributed by atoms with E-state index in [0.29, 0.717) is 11.7 Å². The molecule has 0 aromatic carbocycles. The molecule has 0 radical (unpaired) electrons. The predicted octanol–water partition coefficient (Wildman–Crippen LogP) is 2.18. The minimum Gasteiger partial charge on any atom is -0.333 e. The van der Waals surface area contributed by atoms with Crippen molar-refractivity contribution in [3.05, 3.63) is 17.2 Å². The van der Waals surface area contributed by atoms with Gasteiger partial charge < -0.3 is 10.3 Å². The second-order valence-electron chi connectivity index (χ2n) is 5.02. The number of nitrogens with two attached hydrogens (primary N) is 1. The molecule has 1 unspecified atom stereocenters. The molecular formula is C11H18ClN3. The third-order valence-corrected chi connectivity index (χ3v) is 4.13. The van der Waals surface area contributed by atoms with E-state index in [2.05, 4.69) is 30.3 Å². The van der Waals surface area contributed by atoms with E-state index in [4.69, 9.17) is 17.3 Å². The smallest absolute Gasteiger partial charge is 0.150 e. The van der Waals surface area contributed by atoms with Gasteiger partial charge in [-0.1, -0.05) is 25.4 Å². The van der Waals surface area contributed by atoms with Crippen LogP contribution in [0.2, 0.25) is 5.15 Å². The molecule has 1 aromatic heterocycles. The topological polar surface area (TPSA) is 43.8 Å². The molecule has 1 aliphatic rings. The molecule has 84 valence electrons. The highest BCUT2D eigenvalue weighted by Crippen LogP contribution is 2.64. The molecule has 3 nitrogen and oxygen atoms in total. The number of rotatable bonds is 3. The first-order valence-electron chi connectivity index (χ1n) is 5.39. The zero-order valence-electron chi connectivity index (χ0n) is 9.55. The summed E-state index contributed by atoms with van der Waals surface area (Å²) in [5, 5.41) is 0.618. The summed E-state index contributed by atoms with van der Waals surface area (Å²) in [7, 11) is 0. The van der Waals surface area contributed by atoms with Crippen molar-refractivity contribution < 1.29 is 0 Å². The van der Waals surface area contributed by atoms with Crippen LogP contribution in [0.1, 0.15) is 32.9 Å². The van der Waals surface area contributed by atoms with Crippen LogP contribution in [-0.4, -0.2) is 16.1 Å². The minimum atomic E-state index is 0.0383. The molecule has 1 aliphatic carbocycles. The molecule has 2 N–H and O–H groups in total. The molecule has 0 amide bonds. The van der Waals surface area contributed by atoms with Crippen LogP contribution in [0.3, 0.4) is 0 Å². The van der Waals surface area contributed by atoms with Gasteiger partial charge in [0.05, 0.1) is 12.0 Å². The summed E-state index contributed by atoms with van der Waals surface area (Å²) in [5.74, 6) is 0. The second kappa shape index (κ2) is 3.22. The van der Waals surface area contributed by atoms with E-state index in [9.17, 15) is 0 Å². The minimum absolute atomic E-state index is 0.0383. The fraction of sp³-hybridized carbons (Fsp3) is 0.727. The maximum Gasteiger partial charge on any atom is 0.150 e. The number of aromatic nitrogens is 2. The highest BCUT2D eigenvalue weighted by atomic mass is 35.5. The number of aryl methyl sites for hydroxylation is 1. The summed E-state index contributed by atoms with van der Waals surface area (Å²) in [6.45, 7) is 8.12. The van der Waals surface area contributed by atoms with E-state index in [-0.39, 0.29) is 10.8 Å². The van der Waals surface area contributed by atoms with Crippen LogP contribution in [0.5, 0.6) is 0 Å². The van der Waals surface area contributed by atoms with Crippen molar-refractivity contribution in [3.63, 3.8) is 0 Å². The number of imidazole rings is 1. The van der Waals surface area contributed by atoms with Gasteiger partial charge in [0.15, 0.2) is 5.15 Å². The van der Waals surface area contributed by atoms with E-state index in [1.165, 1.54) is 0 Å². The number of nitrogens with zero attached hydrogens (tertiary/aromatic N) is 2. The number of hydrogen-bond acceptors (Lipinski definition) is 2. The fourth-order valence-electron chi connectivity index (χ4n) is 2.63. The van der Waals surface area contributed by atoms with Gasteiger partial charge in [-0.2, -0.15) is 0 Å². The molecule has 1 aromatic rings. The summed E-state index contributed by atoms with van der Waals surface area (Å²) in [5.41, 5.74) is 7.34. The normalized spacial score (nSPS) is 28.1. The van der Waals surface area contributed by atoms with Gasteiger partial charge in [-0.25, -0.2) is 4.98 Å². The van der Waals surface area contributed by atoms with Gasteiger partial charge in [-0.05, 0) is 18.8 Å². The lowest BCUT2D eigenvalue weighted by Gasteiger charge is -2.20. The van der Waals surface area contributed by atoms with Gasteiger partial charge in [-0.15, -0.1) is 0 Å². The van der Waals surface area contributed by atoms with Crippen LogP contribution >= 0.6 is 11.6 Å². The van der Waals surface area contributed by atoms with Crippen LogP contribution in [0.4, 0.5) is 0 Å². The Kier molecular flexibility index (Phi) is 2.36. The third-order valence-electron chi connectivity index (χ3n) is 3.85. The van der Waals surface area contributed by atoms with Gasteiger partial charge >= 0.3 is 0 Å². The third kappa shape index (κ3) is 1.33. The van der Waals surface area contributed by atoms with Crippen LogP contribution in [0, 0.1) is 5.41 Å². The maximum absolute atomic E-state index is 6.17. The Labute approximate surface area is 95.6 Å². The molecule has 4 heteroatoms. The quantitative estimate of drug-likeness (QED) is 0.860. The van der Waals surface area contributed by atoms with Crippen LogP contribution in [-0.2, 0) is 12.0 Å². The van der Waals surface area contributed by atoms with Gasteiger partial charge in [0.25, 0.3) is 0 Å². The predicted molar refractivity (Wildman–Crippen MR) is 62.0 cm³/mol. The Hall–Kier alpha value is -0.540. The molecule has 2 rings (SSSR count). The molecular weight excluding hydrogens is 210 g/mol. The highest BCUT2D eigenvalue weighted by Gasteiger charge is 2.63. The number of halogens is 1. The lowest BCUT2D eigenvalue weighted by atomic mass is 9.92. The lowest BCUT2D eigenvalue weighted by molar-refractivity contribution is 0.474. The first-order valence-corrected chi connectivity index (χ1v) is 5.77. The summed E-state index contributed by atoms with van der Waals surface area (Å²) in [6.07, 6.45) is 2.91. The second-order valence-corrected chi connectivity index (χ2v) is 5.37. The van der Waals surface area contributed by atoms with Crippen molar-refractivity contribution in [1.29, 1.82) is 0 Å². The highest BCUT2D eigenvalue weighted by molar-refractivity contribution is 6.30. The van der Waals surface area contributed by atoms with Gasteiger partial charge in [0.2, 0.25) is 0 Å². The van der Waals surface area contributed by atoms with E-state index >= 15 is 0 Å². The van der Waals surface area contributed by atoms with E-state index < -0.39 is 0 Å². The summed E-state index contributed by atoms with van der Waals surface area (Å²) < 4.78 is 2.12. The molecule has 0 spiro atoms. The lowest BCUT2D eigenvalue weighted by Crippen LogP contribution is -2.28. The first kappa shape index (κ1) is 11.0. The Bertz CT molecular complexity index is 383. The van der Waals surface area contributed by atoms with Crippen molar-refractivity contribution in [2.24, 2.45) is 11.1 Å². The summed E-state index contributed by atoms with van der Waals surface area (Å²) in [6, 6.07) is 0. The van der Waals surface area contributed by atoms with Gasteiger partial charge in [0, 0.05) is 18.5 Å². The van der Waals surface area contributed by atoms with E-state index in [0.717, 1.165) is 18.7 Å². The zero-order valence-corrected chi connectivity index (χ0v) is 10.3. The molecule has 1 fully saturated rings. The molecule has 1 heterocycles. The van der Waals surface area contributed by atoms with Gasteiger partial charge in [-0.3, -0.25) is 0 Å². The first-order chi connectivity index (χ1) is 6.98. The Morgan fingerprint density at radius 3 is 2.60 bits per heavy atom. The Morgan fingerprint density at radius 1 is 1.60 bits per heavy atom. The standard InChI is InChI=1S/C11H18ClN3/c1-4-15-7-14-9(12)8(15)11(6-13)5-10(11,2)3/h7H,4-6,13H2,1-3H3.